The van der Waals surface area contributed by atoms with E-state index in [9.17, 15) is 24.0 Å². The molecule has 0 saturated carbocycles. The van der Waals surface area contributed by atoms with Crippen molar-refractivity contribution in [3.63, 3.8) is 0 Å². The smallest absolute Gasteiger partial charge is 0.323 e. The highest BCUT2D eigenvalue weighted by molar-refractivity contribution is 7.10. The molecule has 3 N–H and O–H groups in total. The number of ether oxygens (including phenoxy) is 2. The number of carbonyl (C=O) groups is 5. The minimum absolute atomic E-state index is 0.0890. The first-order valence-corrected chi connectivity index (χ1v) is 26.7. The normalized spacial score (nSPS) is 22.6. The number of nitrogens with one attached hydrogen (secondary N) is 3. The number of hydrogen-bond acceptors (Lipinski definition) is 11. The van der Waals surface area contributed by atoms with Gasteiger partial charge in [0.1, 0.15) is 17.2 Å². The Balaban J connectivity index is 1.22. The Morgan fingerprint density at radius 1 is 1.14 bits per heavy atom. The molecule has 3 aliphatic heterocycles. The highest BCUT2D eigenvalue weighted by Gasteiger charge is 2.44. The number of urea groups is 1. The predicted octanol–water partition coefficient (Wildman–Crippen LogP) is 5.77. The van der Waals surface area contributed by atoms with Gasteiger partial charge in [0, 0.05) is 103 Å². The van der Waals surface area contributed by atoms with E-state index in [1.165, 1.54) is 27.3 Å². The number of amides is 5. The summed E-state index contributed by atoms with van der Waals surface area (Å²) in [5, 5.41) is 10.00. The monoisotopic (exact) mass is 996 g/mol. The van der Waals surface area contributed by atoms with Gasteiger partial charge in [-0.25, -0.2) is 15.2 Å². The van der Waals surface area contributed by atoms with Gasteiger partial charge < -0.3 is 34.5 Å². The van der Waals surface area contributed by atoms with E-state index in [1.54, 1.807) is 25.3 Å². The van der Waals surface area contributed by atoms with Crippen LogP contribution in [0.2, 0.25) is 0 Å². The Morgan fingerprint density at radius 3 is 2.63 bits per heavy atom. The van der Waals surface area contributed by atoms with Crippen LogP contribution in [-0.2, 0) is 48.0 Å². The largest absolute Gasteiger partial charge is 0.464 e. The summed E-state index contributed by atoms with van der Waals surface area (Å²) in [5.74, 6) is -1.76. The number of carbonyl (C=O) groups excluding carboxylic acids is 5. The zero-order chi connectivity index (χ0) is 50.7. The van der Waals surface area contributed by atoms with Crippen molar-refractivity contribution in [3.05, 3.63) is 70.8 Å². The van der Waals surface area contributed by atoms with Gasteiger partial charge in [0.05, 0.1) is 34.8 Å². The maximum Gasteiger partial charge on any atom is 0.323 e. The molecule has 0 spiro atoms. The van der Waals surface area contributed by atoms with Crippen molar-refractivity contribution in [1.82, 2.24) is 45.4 Å². The first kappa shape index (κ1) is 52.4. The molecule has 3 aromatic heterocycles. The molecule has 6 bridgehead atoms. The molecule has 16 nitrogen and oxygen atoms in total. The van der Waals surface area contributed by atoms with Gasteiger partial charge >= 0.3 is 12.0 Å². The summed E-state index contributed by atoms with van der Waals surface area (Å²) in [5.41, 5.74) is 9.32. The minimum atomic E-state index is -1.09. The number of likely N-dealkylation sites (N-methyl/N-ethyl adjacent to an activating group) is 1. The van der Waals surface area contributed by atoms with E-state index in [0.717, 1.165) is 63.9 Å². The van der Waals surface area contributed by atoms with Gasteiger partial charge in [0.15, 0.2) is 0 Å². The third-order valence-corrected chi connectivity index (χ3v) is 16.5. The van der Waals surface area contributed by atoms with E-state index in [4.69, 9.17) is 19.4 Å². The average molecular weight is 996 g/mol. The van der Waals surface area contributed by atoms with Crippen molar-refractivity contribution < 1.29 is 33.4 Å². The zero-order valence-corrected chi connectivity index (χ0v) is 45.6. The van der Waals surface area contributed by atoms with Gasteiger partial charge in [-0.1, -0.05) is 47.3 Å². The van der Waals surface area contributed by atoms with Gasteiger partial charge in [-0.2, -0.15) is 0 Å². The summed E-state index contributed by atoms with van der Waals surface area (Å²) in [4.78, 5) is 82.9. The average Bonchev–Trinajstić information content (AvgIpc) is 4.06. The standard InChI is InChI=1S/C52H73N9O7SSi/c1-11-41(62)53-23-14-19-51(8)21-25-59(30-51)49(66)58(9)44(32(3)4)46(63)56-38-27-42-55-39(29-69-42)34-17-18-40-36(26-34)37(45(60(40)12-2)35-16-13-22-54-43(35)33(5)67-10)28-50(6,7)31-68-48(65)52(70)20-15-24-61(57-52)47(38)64/h11,13,16-18,22,26,29,32-33,38,44,57H,1,12,14-15,19-21,23-25,27-28,30-31H2,2-10,70H3,(H,53,62)(H,56,63)/t33-,38-,44-,51-,52-/m0/s1. The molecular weight excluding hydrogens is 923 g/mol. The maximum atomic E-state index is 14.9. The summed E-state index contributed by atoms with van der Waals surface area (Å²) in [6.07, 6.45) is 6.90. The van der Waals surface area contributed by atoms with E-state index in [2.05, 4.69) is 79.2 Å². The Bertz CT molecular complexity index is 2610. The van der Waals surface area contributed by atoms with E-state index in [0.29, 0.717) is 67.2 Å². The van der Waals surface area contributed by atoms with Gasteiger partial charge in [-0.05, 0) is 99.6 Å². The molecule has 70 heavy (non-hydrogen) atoms. The van der Waals surface area contributed by atoms with E-state index in [1.807, 2.05) is 32.2 Å². The number of rotatable bonds is 13. The lowest BCUT2D eigenvalue weighted by Crippen LogP contribution is -2.67. The van der Waals surface area contributed by atoms with Crippen LogP contribution in [0.15, 0.2) is 54.6 Å². The highest BCUT2D eigenvalue weighted by atomic mass is 32.1. The molecular formula is C52H73N9O7SSi. The van der Waals surface area contributed by atoms with E-state index < -0.39 is 40.4 Å². The lowest BCUT2D eigenvalue weighted by Gasteiger charge is -2.41. The van der Waals surface area contributed by atoms with Crippen molar-refractivity contribution in [2.24, 2.45) is 16.7 Å². The van der Waals surface area contributed by atoms with Crippen LogP contribution in [0.3, 0.4) is 0 Å². The second-order valence-electron chi connectivity index (χ2n) is 21.1. The topological polar surface area (TPSA) is 180 Å². The Morgan fingerprint density at radius 2 is 1.91 bits per heavy atom. The molecule has 1 aromatic carbocycles. The fourth-order valence-electron chi connectivity index (χ4n) is 10.5. The Hall–Kier alpha value is -5.43. The van der Waals surface area contributed by atoms with Crippen molar-refractivity contribution in [2.75, 3.05) is 46.9 Å². The first-order valence-electron chi connectivity index (χ1n) is 24.8. The van der Waals surface area contributed by atoms with Crippen LogP contribution in [-0.4, -0.2) is 133 Å². The number of benzene rings is 1. The predicted molar refractivity (Wildman–Crippen MR) is 277 cm³/mol. The highest BCUT2D eigenvalue weighted by Crippen LogP contribution is 2.42. The van der Waals surface area contributed by atoms with Gasteiger partial charge in [-0.3, -0.25) is 29.2 Å². The number of thiazole rings is 1. The number of nitrogens with zero attached hydrogens (tertiary/aromatic N) is 6. The van der Waals surface area contributed by atoms with Crippen LogP contribution < -0.4 is 16.1 Å². The Labute approximate surface area is 419 Å². The lowest BCUT2D eigenvalue weighted by molar-refractivity contribution is -0.158. The molecule has 5 amide bonds. The molecule has 2 fully saturated rings. The second kappa shape index (κ2) is 21.5. The summed E-state index contributed by atoms with van der Waals surface area (Å²) < 4.78 is 14.4. The third-order valence-electron chi connectivity index (χ3n) is 14.5. The number of aromatic nitrogens is 3. The molecule has 4 aromatic rings. The van der Waals surface area contributed by atoms with Crippen LogP contribution in [0.4, 0.5) is 4.79 Å². The van der Waals surface area contributed by atoms with Crippen molar-refractivity contribution in [2.45, 2.75) is 123 Å². The number of methoxy groups -OCH3 is 1. The molecule has 5 atom stereocenters. The van der Waals surface area contributed by atoms with E-state index >= 15 is 0 Å². The number of hydrogen-bond donors (Lipinski definition) is 3. The van der Waals surface area contributed by atoms with Crippen LogP contribution in [0.25, 0.3) is 33.4 Å². The van der Waals surface area contributed by atoms with Crippen LogP contribution in [0.1, 0.15) is 103 Å². The summed E-state index contributed by atoms with van der Waals surface area (Å²) >= 11 is 1.42. The Kier molecular flexibility index (Phi) is 16.1. The number of pyridine rings is 1. The van der Waals surface area contributed by atoms with E-state index in [-0.39, 0.29) is 42.4 Å². The number of aryl methyl sites for hydroxylation is 1. The SMILES string of the molecule is C=CC(=O)NCCC[C@@]1(C)CCN(C(=O)N(C)[C@H](C(=O)N[C@H]2Cc3nc(cs3)-c3ccc4c(c3)c(c(-c3cccnc3[C@H](C)OC)n4CC)CC(C)(C)COC(=O)[C@@]3([SiH3])CCCN(N3)C2=O)C(C)C)C1. The molecule has 0 aliphatic carbocycles. The first-order chi connectivity index (χ1) is 33.2. The fourth-order valence-corrected chi connectivity index (χ4v) is 12.1. The molecule has 378 valence electrons. The summed E-state index contributed by atoms with van der Waals surface area (Å²) in [6, 6.07) is 8.23. The van der Waals surface area contributed by atoms with Crippen molar-refractivity contribution >= 4 is 62.2 Å². The van der Waals surface area contributed by atoms with Crippen LogP contribution in [0, 0.1) is 16.7 Å². The van der Waals surface area contributed by atoms with Gasteiger partial charge in [-0.15, -0.1) is 11.3 Å². The minimum Gasteiger partial charge on any atom is -0.464 e. The summed E-state index contributed by atoms with van der Waals surface area (Å²) in [7, 11) is 3.69. The number of fused-ring (bicyclic) bond motifs is 6. The van der Waals surface area contributed by atoms with Crippen molar-refractivity contribution in [1.29, 1.82) is 0 Å². The molecule has 7 rings (SSSR count). The molecule has 6 heterocycles. The van der Waals surface area contributed by atoms with Crippen LogP contribution in [0.5, 0.6) is 0 Å². The maximum absolute atomic E-state index is 14.9. The second-order valence-corrected chi connectivity index (χ2v) is 23.8. The third kappa shape index (κ3) is 11.2. The number of likely N-dealkylation sites (tertiary alicyclic amines) is 1. The zero-order valence-electron chi connectivity index (χ0n) is 42.8. The molecule has 2 saturated heterocycles. The number of hydrazine groups is 1. The quantitative estimate of drug-likeness (QED) is 0.0645. The fraction of sp³-hybridized carbons (Fsp3) is 0.558. The number of cyclic esters (lactones) is 1. The number of esters is 1. The molecule has 0 radical (unpaired) electrons. The van der Waals surface area contributed by atoms with Crippen molar-refractivity contribution in [3.8, 4) is 22.5 Å². The van der Waals surface area contributed by atoms with Gasteiger partial charge in [0.25, 0.3) is 5.91 Å². The molecule has 3 aliphatic rings. The van der Waals surface area contributed by atoms with Gasteiger partial charge in [0.2, 0.25) is 11.8 Å². The summed E-state index contributed by atoms with van der Waals surface area (Å²) in [6.45, 7) is 20.6. The van der Waals surface area contributed by atoms with Crippen LogP contribution >= 0.6 is 11.3 Å². The lowest BCUT2D eigenvalue weighted by atomic mass is 9.84. The molecule has 18 heteroatoms. The molecule has 0 unspecified atom stereocenters.